The lowest BCUT2D eigenvalue weighted by Gasteiger charge is -2.21. The van der Waals surface area contributed by atoms with Gasteiger partial charge in [0.1, 0.15) is 11.6 Å². The van der Waals surface area contributed by atoms with Crippen molar-refractivity contribution in [2.75, 3.05) is 5.32 Å². The Morgan fingerprint density at radius 1 is 1.16 bits per heavy atom. The largest absolute Gasteiger partial charge is 0.478 e. The summed E-state index contributed by atoms with van der Waals surface area (Å²) < 4.78 is 5.19. The van der Waals surface area contributed by atoms with E-state index in [0.717, 1.165) is 36.8 Å². The van der Waals surface area contributed by atoms with Crippen LogP contribution in [0.4, 0.5) is 9.80 Å². The van der Waals surface area contributed by atoms with Gasteiger partial charge in [-0.15, -0.1) is 11.3 Å². The first-order valence-corrected chi connectivity index (χ1v) is 9.35. The van der Waals surface area contributed by atoms with Crippen LogP contribution < -0.4 is 5.32 Å². The first kappa shape index (κ1) is 17.5. The molecule has 132 valence electrons. The quantitative estimate of drug-likeness (QED) is 0.765. The Hall–Kier alpha value is -2.34. The van der Waals surface area contributed by atoms with Crippen LogP contribution in [0.25, 0.3) is 0 Å². The SMILES string of the molecule is O=C(Nc1scc(C2CCCCC2)c1C(=O)O)OCc1ccccc1. The molecule has 2 aromatic rings. The summed E-state index contributed by atoms with van der Waals surface area (Å²) in [7, 11) is 0. The Labute approximate surface area is 150 Å². The molecule has 1 aromatic heterocycles. The summed E-state index contributed by atoms with van der Waals surface area (Å²) in [5, 5.41) is 14.4. The molecule has 0 bridgehead atoms. The Balaban J connectivity index is 1.68. The maximum absolute atomic E-state index is 12.0. The highest BCUT2D eigenvalue weighted by Gasteiger charge is 2.26. The van der Waals surface area contributed by atoms with E-state index >= 15 is 0 Å². The van der Waals surface area contributed by atoms with Crippen LogP contribution in [0.15, 0.2) is 35.7 Å². The number of nitrogens with one attached hydrogen (secondary N) is 1. The third kappa shape index (κ3) is 4.39. The maximum Gasteiger partial charge on any atom is 0.412 e. The summed E-state index contributed by atoms with van der Waals surface area (Å²) in [6, 6.07) is 9.36. The first-order valence-electron chi connectivity index (χ1n) is 8.47. The minimum Gasteiger partial charge on any atom is -0.478 e. The van der Waals surface area contributed by atoms with Gasteiger partial charge in [0.25, 0.3) is 0 Å². The number of carboxylic acid groups (broad SMARTS) is 1. The van der Waals surface area contributed by atoms with Gasteiger partial charge in [-0.1, -0.05) is 49.6 Å². The Bertz CT molecular complexity index is 735. The number of aromatic carboxylic acids is 1. The lowest BCUT2D eigenvalue weighted by Crippen LogP contribution is -2.16. The highest BCUT2D eigenvalue weighted by molar-refractivity contribution is 7.15. The average molecular weight is 359 g/mol. The molecule has 1 aliphatic carbocycles. The molecule has 25 heavy (non-hydrogen) atoms. The molecule has 1 heterocycles. The number of anilines is 1. The van der Waals surface area contributed by atoms with E-state index in [2.05, 4.69) is 5.32 Å². The van der Waals surface area contributed by atoms with E-state index in [1.165, 1.54) is 17.8 Å². The number of carbonyl (C=O) groups is 2. The van der Waals surface area contributed by atoms with Crippen molar-refractivity contribution in [1.29, 1.82) is 0 Å². The molecule has 6 heteroatoms. The number of carbonyl (C=O) groups excluding carboxylic acids is 1. The van der Waals surface area contributed by atoms with E-state index in [1.54, 1.807) is 0 Å². The molecule has 0 unspecified atom stereocenters. The lowest BCUT2D eigenvalue weighted by atomic mass is 9.83. The molecule has 1 saturated carbocycles. The van der Waals surface area contributed by atoms with Crippen molar-refractivity contribution in [3.63, 3.8) is 0 Å². The molecule has 1 aliphatic rings. The normalized spacial score (nSPS) is 14.9. The summed E-state index contributed by atoms with van der Waals surface area (Å²) in [4.78, 5) is 23.7. The van der Waals surface area contributed by atoms with E-state index in [-0.39, 0.29) is 18.1 Å². The molecular weight excluding hydrogens is 338 g/mol. The van der Waals surface area contributed by atoms with Gasteiger partial charge in [-0.3, -0.25) is 5.32 Å². The standard InChI is InChI=1S/C19H21NO4S/c21-18(22)16-15(14-9-5-2-6-10-14)12-25-17(16)20-19(23)24-11-13-7-3-1-4-8-13/h1,3-4,7-8,12,14H,2,5-6,9-11H2,(H,20,23)(H,21,22). The van der Waals surface area contributed by atoms with E-state index in [0.29, 0.717) is 5.00 Å². The Morgan fingerprint density at radius 3 is 2.56 bits per heavy atom. The first-order chi connectivity index (χ1) is 12.1. The third-order valence-electron chi connectivity index (χ3n) is 4.51. The van der Waals surface area contributed by atoms with Gasteiger partial charge in [0.2, 0.25) is 0 Å². The highest BCUT2D eigenvalue weighted by atomic mass is 32.1. The van der Waals surface area contributed by atoms with Gasteiger partial charge in [-0.05, 0) is 35.3 Å². The number of hydrogen-bond acceptors (Lipinski definition) is 4. The second-order valence-electron chi connectivity index (χ2n) is 6.22. The van der Waals surface area contributed by atoms with E-state index in [1.807, 2.05) is 35.7 Å². The van der Waals surface area contributed by atoms with Gasteiger partial charge in [0, 0.05) is 0 Å². The van der Waals surface area contributed by atoms with Gasteiger partial charge < -0.3 is 9.84 Å². The van der Waals surface area contributed by atoms with Crippen LogP contribution in [0.5, 0.6) is 0 Å². The van der Waals surface area contributed by atoms with Crippen LogP contribution in [0.3, 0.4) is 0 Å². The number of hydrogen-bond donors (Lipinski definition) is 2. The van der Waals surface area contributed by atoms with E-state index in [4.69, 9.17) is 4.74 Å². The van der Waals surface area contributed by atoms with Crippen LogP contribution in [0.2, 0.25) is 0 Å². The van der Waals surface area contributed by atoms with E-state index < -0.39 is 12.1 Å². The Kier molecular flexibility index (Phi) is 5.71. The van der Waals surface area contributed by atoms with Gasteiger partial charge in [-0.25, -0.2) is 9.59 Å². The van der Waals surface area contributed by atoms with Crippen molar-refractivity contribution in [3.05, 3.63) is 52.4 Å². The summed E-state index contributed by atoms with van der Waals surface area (Å²) >= 11 is 1.26. The molecule has 0 radical (unpaired) electrons. The van der Waals surface area contributed by atoms with Crippen molar-refractivity contribution in [2.24, 2.45) is 0 Å². The zero-order chi connectivity index (χ0) is 17.6. The molecule has 3 rings (SSSR count). The van der Waals surface area contributed by atoms with Crippen molar-refractivity contribution >= 4 is 28.4 Å². The minimum atomic E-state index is -1.000. The summed E-state index contributed by atoms with van der Waals surface area (Å²) in [6.45, 7) is 0.149. The number of ether oxygens (including phenoxy) is 1. The molecule has 0 atom stereocenters. The number of amides is 1. The molecule has 1 amide bonds. The fraction of sp³-hybridized carbons (Fsp3) is 0.368. The van der Waals surface area contributed by atoms with Crippen LogP contribution >= 0.6 is 11.3 Å². The highest BCUT2D eigenvalue weighted by Crippen LogP contribution is 2.40. The third-order valence-corrected chi connectivity index (χ3v) is 5.42. The molecule has 1 aromatic carbocycles. The fourth-order valence-electron chi connectivity index (χ4n) is 3.25. The maximum atomic E-state index is 12.0. The molecule has 0 aliphatic heterocycles. The molecule has 0 spiro atoms. The summed E-state index contributed by atoms with van der Waals surface area (Å²) in [5.41, 5.74) is 1.94. The zero-order valence-corrected chi connectivity index (χ0v) is 14.7. The van der Waals surface area contributed by atoms with Crippen LogP contribution in [0.1, 0.15) is 59.5 Å². The summed E-state index contributed by atoms with van der Waals surface area (Å²) in [5.74, 6) is -0.729. The zero-order valence-electron chi connectivity index (χ0n) is 13.9. The molecule has 0 saturated heterocycles. The second-order valence-corrected chi connectivity index (χ2v) is 7.10. The predicted molar refractivity (Wildman–Crippen MR) is 97.4 cm³/mol. The summed E-state index contributed by atoms with van der Waals surface area (Å²) in [6.07, 6.45) is 4.84. The van der Waals surface area contributed by atoms with Gasteiger partial charge in [0.05, 0.1) is 5.56 Å². The van der Waals surface area contributed by atoms with Crippen LogP contribution in [-0.2, 0) is 11.3 Å². The van der Waals surface area contributed by atoms with Crippen LogP contribution in [-0.4, -0.2) is 17.2 Å². The monoisotopic (exact) mass is 359 g/mol. The Morgan fingerprint density at radius 2 is 1.88 bits per heavy atom. The van der Waals surface area contributed by atoms with Crippen LogP contribution in [0, 0.1) is 0 Å². The fourth-order valence-corrected chi connectivity index (χ4v) is 4.27. The molecule has 2 N–H and O–H groups in total. The second kappa shape index (κ2) is 8.16. The smallest absolute Gasteiger partial charge is 0.412 e. The van der Waals surface area contributed by atoms with Crippen molar-refractivity contribution in [2.45, 2.75) is 44.6 Å². The van der Waals surface area contributed by atoms with Gasteiger partial charge in [-0.2, -0.15) is 0 Å². The van der Waals surface area contributed by atoms with Crippen molar-refractivity contribution < 1.29 is 19.4 Å². The average Bonchev–Trinajstić information content (AvgIpc) is 3.05. The number of rotatable bonds is 5. The number of benzene rings is 1. The molecule has 1 fully saturated rings. The topological polar surface area (TPSA) is 75.6 Å². The number of thiophene rings is 1. The molecular formula is C19H21NO4S. The van der Waals surface area contributed by atoms with Crippen molar-refractivity contribution in [1.82, 2.24) is 0 Å². The van der Waals surface area contributed by atoms with Gasteiger partial charge >= 0.3 is 12.1 Å². The van der Waals surface area contributed by atoms with E-state index in [9.17, 15) is 14.7 Å². The lowest BCUT2D eigenvalue weighted by molar-refractivity contribution is 0.0696. The predicted octanol–water partition coefficient (Wildman–Crippen LogP) is 5.24. The van der Waals surface area contributed by atoms with Crippen molar-refractivity contribution in [3.8, 4) is 0 Å². The number of carboxylic acids is 1. The van der Waals surface area contributed by atoms with Gasteiger partial charge in [0.15, 0.2) is 0 Å². The molecule has 5 nitrogen and oxygen atoms in total. The minimum absolute atomic E-state index is 0.149.